The number of aliphatic carboxylic acids is 1. The van der Waals surface area contributed by atoms with Crippen molar-refractivity contribution in [1.29, 1.82) is 0 Å². The van der Waals surface area contributed by atoms with Crippen LogP contribution in [0.1, 0.15) is 51.4 Å². The van der Waals surface area contributed by atoms with Gasteiger partial charge in [0.2, 0.25) is 0 Å². The van der Waals surface area contributed by atoms with Gasteiger partial charge in [0, 0.05) is 6.42 Å². The molecule has 90 valence electrons. The summed E-state index contributed by atoms with van der Waals surface area (Å²) in [7, 11) is 0. The van der Waals surface area contributed by atoms with Crippen LogP contribution in [-0.4, -0.2) is 16.9 Å². The Morgan fingerprint density at radius 1 is 1.25 bits per heavy atom. The summed E-state index contributed by atoms with van der Waals surface area (Å²) in [5, 5.41) is 9.20. The van der Waals surface area contributed by atoms with Crippen molar-refractivity contribution >= 4 is 11.8 Å². The first-order chi connectivity index (χ1) is 7.63. The number of carboxylic acids is 1. The number of carbonyl (C=O) groups excluding carboxylic acids is 1. The SMILES string of the molecule is C=CCCCCC(=O)C1(C(=O)O)CCCC1. The van der Waals surface area contributed by atoms with E-state index in [1.807, 2.05) is 6.08 Å². The Morgan fingerprint density at radius 3 is 2.38 bits per heavy atom. The van der Waals surface area contributed by atoms with Crippen LogP contribution < -0.4 is 0 Å². The third-order valence-electron chi connectivity index (χ3n) is 3.46. The van der Waals surface area contributed by atoms with Gasteiger partial charge in [0.25, 0.3) is 0 Å². The third-order valence-corrected chi connectivity index (χ3v) is 3.46. The molecule has 0 saturated heterocycles. The molecule has 0 aliphatic heterocycles. The van der Waals surface area contributed by atoms with Crippen molar-refractivity contribution < 1.29 is 14.7 Å². The van der Waals surface area contributed by atoms with E-state index in [1.54, 1.807) is 0 Å². The molecule has 0 spiro atoms. The molecule has 0 atom stereocenters. The zero-order valence-corrected chi connectivity index (χ0v) is 9.71. The number of allylic oxidation sites excluding steroid dienone is 1. The predicted octanol–water partition coefficient (Wildman–Crippen LogP) is 2.95. The average molecular weight is 224 g/mol. The van der Waals surface area contributed by atoms with Crippen molar-refractivity contribution in [3.63, 3.8) is 0 Å². The predicted molar refractivity (Wildman–Crippen MR) is 62.2 cm³/mol. The summed E-state index contributed by atoms with van der Waals surface area (Å²) >= 11 is 0. The summed E-state index contributed by atoms with van der Waals surface area (Å²) in [5.74, 6) is -0.986. The molecule has 0 amide bonds. The Morgan fingerprint density at radius 2 is 1.88 bits per heavy atom. The van der Waals surface area contributed by atoms with E-state index in [9.17, 15) is 14.7 Å². The molecule has 1 rings (SSSR count). The quantitative estimate of drug-likeness (QED) is 0.411. The second kappa shape index (κ2) is 5.83. The monoisotopic (exact) mass is 224 g/mol. The van der Waals surface area contributed by atoms with Crippen LogP contribution in [0.5, 0.6) is 0 Å². The van der Waals surface area contributed by atoms with Crippen molar-refractivity contribution in [3.8, 4) is 0 Å². The molecule has 0 aromatic heterocycles. The van der Waals surface area contributed by atoms with Gasteiger partial charge in [-0.25, -0.2) is 0 Å². The van der Waals surface area contributed by atoms with Crippen LogP contribution in [0, 0.1) is 5.41 Å². The molecule has 1 fully saturated rings. The van der Waals surface area contributed by atoms with E-state index >= 15 is 0 Å². The first-order valence-corrected chi connectivity index (χ1v) is 6.01. The maximum absolute atomic E-state index is 12.0. The number of carbonyl (C=O) groups is 2. The van der Waals surface area contributed by atoms with Gasteiger partial charge < -0.3 is 5.11 Å². The van der Waals surface area contributed by atoms with Crippen LogP contribution in [0.25, 0.3) is 0 Å². The fourth-order valence-corrected chi connectivity index (χ4v) is 2.40. The molecule has 0 aromatic carbocycles. The summed E-state index contributed by atoms with van der Waals surface area (Å²) in [6, 6.07) is 0. The highest BCUT2D eigenvalue weighted by Crippen LogP contribution is 2.40. The third kappa shape index (κ3) is 2.71. The van der Waals surface area contributed by atoms with Gasteiger partial charge in [0.1, 0.15) is 11.2 Å². The molecule has 16 heavy (non-hydrogen) atoms. The largest absolute Gasteiger partial charge is 0.480 e. The molecule has 1 N–H and O–H groups in total. The number of hydrogen-bond acceptors (Lipinski definition) is 2. The van der Waals surface area contributed by atoms with Crippen molar-refractivity contribution in [3.05, 3.63) is 12.7 Å². The highest BCUT2D eigenvalue weighted by Gasteiger charge is 2.46. The summed E-state index contributed by atoms with van der Waals surface area (Å²) in [4.78, 5) is 23.2. The summed E-state index contributed by atoms with van der Waals surface area (Å²) < 4.78 is 0. The van der Waals surface area contributed by atoms with Gasteiger partial charge in [-0.1, -0.05) is 18.9 Å². The Balaban J connectivity index is 2.49. The van der Waals surface area contributed by atoms with Crippen LogP contribution in [0.2, 0.25) is 0 Å². The van der Waals surface area contributed by atoms with Crippen LogP contribution in [0.3, 0.4) is 0 Å². The van der Waals surface area contributed by atoms with Crippen molar-refractivity contribution in [2.24, 2.45) is 5.41 Å². The lowest BCUT2D eigenvalue weighted by Crippen LogP contribution is -2.36. The van der Waals surface area contributed by atoms with Crippen molar-refractivity contribution in [2.45, 2.75) is 51.4 Å². The molecular weight excluding hydrogens is 204 g/mol. The van der Waals surface area contributed by atoms with E-state index in [0.29, 0.717) is 19.3 Å². The van der Waals surface area contributed by atoms with Gasteiger partial charge in [0.15, 0.2) is 0 Å². The molecule has 0 bridgehead atoms. The summed E-state index contributed by atoms with van der Waals surface area (Å²) in [5.41, 5.74) is -1.05. The maximum Gasteiger partial charge on any atom is 0.317 e. The molecule has 1 aliphatic carbocycles. The standard InChI is InChI=1S/C13H20O3/c1-2-3-4-5-8-11(14)13(12(15)16)9-6-7-10-13/h2H,1,3-10H2,(H,15,16). The zero-order valence-electron chi connectivity index (χ0n) is 9.71. The normalized spacial score (nSPS) is 18.2. The second-order valence-corrected chi connectivity index (χ2v) is 4.55. The molecule has 0 aromatic rings. The highest BCUT2D eigenvalue weighted by molar-refractivity contribution is 6.03. The van der Waals surface area contributed by atoms with Crippen LogP contribution in [0.4, 0.5) is 0 Å². The molecule has 3 nitrogen and oxygen atoms in total. The van der Waals surface area contributed by atoms with Crippen molar-refractivity contribution in [2.75, 3.05) is 0 Å². The minimum atomic E-state index is -1.05. The fourth-order valence-electron chi connectivity index (χ4n) is 2.40. The zero-order chi connectivity index (χ0) is 12.0. The van der Waals surface area contributed by atoms with E-state index in [-0.39, 0.29) is 5.78 Å². The number of unbranched alkanes of at least 4 members (excludes halogenated alkanes) is 2. The Labute approximate surface area is 96.5 Å². The highest BCUT2D eigenvalue weighted by atomic mass is 16.4. The number of Topliss-reactive ketones (excluding diaryl/α,β-unsaturated/α-hetero) is 1. The Hall–Kier alpha value is -1.12. The van der Waals surface area contributed by atoms with Gasteiger partial charge in [-0.3, -0.25) is 9.59 Å². The smallest absolute Gasteiger partial charge is 0.317 e. The van der Waals surface area contributed by atoms with E-state index in [2.05, 4.69) is 6.58 Å². The second-order valence-electron chi connectivity index (χ2n) is 4.55. The molecule has 3 heteroatoms. The topological polar surface area (TPSA) is 54.4 Å². The van der Waals surface area contributed by atoms with Gasteiger partial charge in [-0.2, -0.15) is 0 Å². The Kier molecular flexibility index (Phi) is 4.71. The minimum Gasteiger partial charge on any atom is -0.480 e. The number of hydrogen-bond donors (Lipinski definition) is 1. The Bertz CT molecular complexity index is 275. The molecule has 1 saturated carbocycles. The lowest BCUT2D eigenvalue weighted by molar-refractivity contribution is -0.154. The van der Waals surface area contributed by atoms with E-state index in [0.717, 1.165) is 32.1 Å². The number of rotatable bonds is 7. The van der Waals surface area contributed by atoms with Gasteiger partial charge in [0.05, 0.1) is 0 Å². The molecule has 0 unspecified atom stereocenters. The summed E-state index contributed by atoms with van der Waals surface area (Å²) in [6.45, 7) is 3.62. The average Bonchev–Trinajstić information content (AvgIpc) is 2.74. The maximum atomic E-state index is 12.0. The van der Waals surface area contributed by atoms with E-state index < -0.39 is 11.4 Å². The first-order valence-electron chi connectivity index (χ1n) is 6.01. The van der Waals surface area contributed by atoms with E-state index in [4.69, 9.17) is 0 Å². The van der Waals surface area contributed by atoms with Gasteiger partial charge in [-0.05, 0) is 32.1 Å². The lowest BCUT2D eigenvalue weighted by Gasteiger charge is -2.21. The van der Waals surface area contributed by atoms with Gasteiger partial charge in [-0.15, -0.1) is 6.58 Å². The fraction of sp³-hybridized carbons (Fsp3) is 0.692. The molecule has 0 heterocycles. The minimum absolute atomic E-state index is 0.0680. The lowest BCUT2D eigenvalue weighted by atomic mass is 9.79. The van der Waals surface area contributed by atoms with E-state index in [1.165, 1.54) is 0 Å². The van der Waals surface area contributed by atoms with Gasteiger partial charge >= 0.3 is 5.97 Å². The van der Waals surface area contributed by atoms with Crippen LogP contribution >= 0.6 is 0 Å². The number of ketones is 1. The van der Waals surface area contributed by atoms with Crippen molar-refractivity contribution in [1.82, 2.24) is 0 Å². The molecule has 0 radical (unpaired) electrons. The first kappa shape index (κ1) is 12.9. The summed E-state index contributed by atoms with van der Waals surface area (Å²) in [6.07, 6.45) is 7.62. The molecule has 1 aliphatic rings. The number of carboxylic acid groups (broad SMARTS) is 1. The van der Waals surface area contributed by atoms with Crippen LogP contribution in [-0.2, 0) is 9.59 Å². The molecular formula is C13H20O3. The van der Waals surface area contributed by atoms with Crippen LogP contribution in [0.15, 0.2) is 12.7 Å².